The first-order chi connectivity index (χ1) is 9.21. The minimum absolute atomic E-state index is 0.126. The van der Waals surface area contributed by atoms with Crippen LogP contribution in [0, 0.1) is 5.92 Å². The summed E-state index contributed by atoms with van der Waals surface area (Å²) in [5.41, 5.74) is 4.13. The molecule has 1 aliphatic heterocycles. The van der Waals surface area contributed by atoms with Crippen LogP contribution in [-0.2, 0) is 6.42 Å². The molecule has 0 spiro atoms. The summed E-state index contributed by atoms with van der Waals surface area (Å²) in [6.07, 6.45) is 4.41. The zero-order valence-electron chi connectivity index (χ0n) is 11.2. The van der Waals surface area contributed by atoms with Crippen LogP contribution in [0.1, 0.15) is 42.2 Å². The second-order valence-electron chi connectivity index (χ2n) is 5.52. The molecule has 1 aromatic heterocycles. The highest BCUT2D eigenvalue weighted by Gasteiger charge is 2.40. The van der Waals surface area contributed by atoms with Crippen molar-refractivity contribution < 1.29 is 4.79 Å². The van der Waals surface area contributed by atoms with E-state index in [4.69, 9.17) is 5.84 Å². The third-order valence-electron chi connectivity index (χ3n) is 4.31. The summed E-state index contributed by atoms with van der Waals surface area (Å²) >= 11 is 0. The fourth-order valence-corrected chi connectivity index (χ4v) is 3.31. The molecule has 2 bridgehead atoms. The number of nitrogens with two attached hydrogens (primary N) is 1. The van der Waals surface area contributed by atoms with Crippen LogP contribution in [-0.4, -0.2) is 28.4 Å². The maximum Gasteiger partial charge on any atom is 0.254 e. The van der Waals surface area contributed by atoms with Gasteiger partial charge in [0.15, 0.2) is 0 Å². The van der Waals surface area contributed by atoms with Gasteiger partial charge in [0.25, 0.3) is 5.91 Å². The fraction of sp³-hybridized carbons (Fsp3) is 0.571. The van der Waals surface area contributed by atoms with Gasteiger partial charge in [-0.25, -0.2) is 10.8 Å². The maximum atomic E-state index is 12.6. The van der Waals surface area contributed by atoms with Gasteiger partial charge in [-0.3, -0.25) is 4.79 Å². The highest BCUT2D eigenvalue weighted by molar-refractivity contribution is 5.95. The Kier molecular flexibility index (Phi) is 3.14. The highest BCUT2D eigenvalue weighted by Crippen LogP contribution is 2.38. The van der Waals surface area contributed by atoms with Crippen molar-refractivity contribution >= 4 is 11.7 Å². The van der Waals surface area contributed by atoms with Crippen molar-refractivity contribution in [3.8, 4) is 0 Å². The molecule has 3 N–H and O–H groups in total. The summed E-state index contributed by atoms with van der Waals surface area (Å²) in [7, 11) is 0. The topological polar surface area (TPSA) is 71.2 Å². The molecule has 0 radical (unpaired) electrons. The van der Waals surface area contributed by atoms with Gasteiger partial charge >= 0.3 is 0 Å². The summed E-state index contributed by atoms with van der Waals surface area (Å²) in [6, 6.07) is 4.08. The molecule has 1 aliphatic carbocycles. The zero-order chi connectivity index (χ0) is 13.4. The molecule has 3 rings (SSSR count). The molecule has 2 unspecified atom stereocenters. The number of fused-ring (bicyclic) bond motifs is 2. The molecule has 5 heteroatoms. The molecule has 0 aromatic carbocycles. The molecule has 19 heavy (non-hydrogen) atoms. The smallest absolute Gasteiger partial charge is 0.254 e. The molecule has 2 aliphatic rings. The van der Waals surface area contributed by atoms with Crippen molar-refractivity contribution in [2.24, 2.45) is 11.8 Å². The molecular weight excluding hydrogens is 240 g/mol. The monoisotopic (exact) mass is 260 g/mol. The average Bonchev–Trinajstić information content (AvgIpc) is 3.08. The number of hydrogen-bond donors (Lipinski definition) is 2. The van der Waals surface area contributed by atoms with Gasteiger partial charge in [0.1, 0.15) is 5.82 Å². The van der Waals surface area contributed by atoms with Gasteiger partial charge in [-0.15, -0.1) is 0 Å². The van der Waals surface area contributed by atoms with E-state index in [1.54, 1.807) is 6.07 Å². The fourth-order valence-electron chi connectivity index (χ4n) is 3.31. The van der Waals surface area contributed by atoms with E-state index in [2.05, 4.69) is 10.4 Å². The predicted octanol–water partition coefficient (Wildman–Crippen LogP) is 1.55. The Morgan fingerprint density at radius 3 is 2.95 bits per heavy atom. The molecule has 2 atom stereocenters. The number of amides is 1. The summed E-state index contributed by atoms with van der Waals surface area (Å²) in [6.45, 7) is 2.94. The van der Waals surface area contributed by atoms with E-state index in [1.807, 2.05) is 17.9 Å². The number of aromatic nitrogens is 1. The van der Waals surface area contributed by atoms with E-state index >= 15 is 0 Å². The molecule has 1 aromatic rings. The first-order valence-electron chi connectivity index (χ1n) is 6.99. The molecular formula is C14H20N4O. The van der Waals surface area contributed by atoms with E-state index in [-0.39, 0.29) is 5.91 Å². The molecule has 2 heterocycles. The van der Waals surface area contributed by atoms with Gasteiger partial charge < -0.3 is 10.3 Å². The largest absolute Gasteiger partial charge is 0.335 e. The van der Waals surface area contributed by atoms with Gasteiger partial charge in [0.2, 0.25) is 0 Å². The molecule has 1 saturated heterocycles. The van der Waals surface area contributed by atoms with E-state index in [9.17, 15) is 4.79 Å². The van der Waals surface area contributed by atoms with E-state index in [0.717, 1.165) is 25.1 Å². The number of likely N-dealkylation sites (tertiary alicyclic amines) is 1. The third kappa shape index (κ3) is 2.18. The lowest BCUT2D eigenvalue weighted by molar-refractivity contribution is 0.0703. The highest BCUT2D eigenvalue weighted by atomic mass is 16.2. The number of rotatable bonds is 3. The van der Waals surface area contributed by atoms with Crippen LogP contribution >= 0.6 is 0 Å². The number of nitrogens with one attached hydrogen (secondary N) is 1. The van der Waals surface area contributed by atoms with Crippen LogP contribution in [0.2, 0.25) is 0 Å². The summed E-state index contributed by atoms with van der Waals surface area (Å²) in [5.74, 6) is 6.82. The van der Waals surface area contributed by atoms with Gasteiger partial charge in [0.05, 0.1) is 0 Å². The van der Waals surface area contributed by atoms with Crippen LogP contribution in [0.15, 0.2) is 12.1 Å². The van der Waals surface area contributed by atoms with Crippen molar-refractivity contribution in [1.29, 1.82) is 0 Å². The second-order valence-corrected chi connectivity index (χ2v) is 5.52. The zero-order valence-corrected chi connectivity index (χ0v) is 11.2. The number of carbonyl (C=O) groups excluding carboxylic acids is 1. The van der Waals surface area contributed by atoms with Gasteiger partial charge in [0, 0.05) is 23.8 Å². The summed E-state index contributed by atoms with van der Waals surface area (Å²) < 4.78 is 0. The molecule has 102 valence electrons. The summed E-state index contributed by atoms with van der Waals surface area (Å²) in [5, 5.41) is 0. The third-order valence-corrected chi connectivity index (χ3v) is 4.31. The number of nitrogens with zero attached hydrogens (tertiary/aromatic N) is 2. The number of carbonyl (C=O) groups is 1. The quantitative estimate of drug-likeness (QED) is 0.639. The normalized spacial score (nSPS) is 24.8. The molecule has 5 nitrogen and oxygen atoms in total. The number of pyridine rings is 1. The first kappa shape index (κ1) is 12.4. The Hall–Kier alpha value is -1.62. The van der Waals surface area contributed by atoms with Gasteiger partial charge in [-0.1, -0.05) is 6.92 Å². The van der Waals surface area contributed by atoms with Crippen LogP contribution in [0.4, 0.5) is 5.82 Å². The Bertz CT molecular complexity index is 480. The molecule has 1 amide bonds. The van der Waals surface area contributed by atoms with Crippen LogP contribution in [0.25, 0.3) is 0 Å². The number of anilines is 1. The second kappa shape index (κ2) is 4.81. The SMILES string of the molecule is CCc1cc(C(=O)N2CC3CCC2C3)cc(NN)n1. The lowest BCUT2D eigenvalue weighted by Crippen LogP contribution is -2.37. The van der Waals surface area contributed by atoms with E-state index < -0.39 is 0 Å². The van der Waals surface area contributed by atoms with Crippen molar-refractivity contribution in [2.45, 2.75) is 38.6 Å². The Labute approximate surface area is 113 Å². The van der Waals surface area contributed by atoms with Crippen molar-refractivity contribution in [3.05, 3.63) is 23.4 Å². The van der Waals surface area contributed by atoms with Crippen molar-refractivity contribution in [2.75, 3.05) is 12.0 Å². The Morgan fingerprint density at radius 2 is 2.37 bits per heavy atom. The van der Waals surface area contributed by atoms with Crippen LogP contribution < -0.4 is 11.3 Å². The van der Waals surface area contributed by atoms with E-state index in [0.29, 0.717) is 23.3 Å². The summed E-state index contributed by atoms with van der Waals surface area (Å²) in [4.78, 5) is 19.0. The first-order valence-corrected chi connectivity index (χ1v) is 6.99. The lowest BCUT2D eigenvalue weighted by atomic mass is 10.1. The molecule has 1 saturated carbocycles. The average molecular weight is 260 g/mol. The maximum absolute atomic E-state index is 12.6. The lowest BCUT2D eigenvalue weighted by Gasteiger charge is -2.27. The number of nitrogen functional groups attached to an aromatic ring is 1. The minimum Gasteiger partial charge on any atom is -0.335 e. The van der Waals surface area contributed by atoms with Crippen molar-refractivity contribution in [3.63, 3.8) is 0 Å². The molecule has 2 fully saturated rings. The number of aryl methyl sites for hydroxylation is 1. The number of hydrogen-bond acceptors (Lipinski definition) is 4. The Balaban J connectivity index is 1.87. The predicted molar refractivity (Wildman–Crippen MR) is 73.6 cm³/mol. The number of piperidine rings is 1. The minimum atomic E-state index is 0.126. The standard InChI is InChI=1S/C14H20N4O/c1-2-11-6-10(7-13(16-11)17-15)14(19)18-8-9-3-4-12(18)5-9/h6-7,9,12H,2-5,8,15H2,1H3,(H,16,17). The van der Waals surface area contributed by atoms with Gasteiger partial charge in [-0.2, -0.15) is 0 Å². The Morgan fingerprint density at radius 1 is 1.53 bits per heavy atom. The van der Waals surface area contributed by atoms with Crippen LogP contribution in [0.5, 0.6) is 0 Å². The van der Waals surface area contributed by atoms with Crippen molar-refractivity contribution in [1.82, 2.24) is 9.88 Å². The van der Waals surface area contributed by atoms with Gasteiger partial charge in [-0.05, 0) is 43.7 Å². The number of hydrazine groups is 1. The van der Waals surface area contributed by atoms with Crippen LogP contribution in [0.3, 0.4) is 0 Å². The van der Waals surface area contributed by atoms with E-state index in [1.165, 1.54) is 12.8 Å².